The fraction of sp³-hybridized carbons (Fsp3) is 0.571. The van der Waals surface area contributed by atoms with Gasteiger partial charge >= 0.3 is 5.97 Å². The molecule has 1 rings (SSSR count). The van der Waals surface area contributed by atoms with Crippen LogP contribution in [0.25, 0.3) is 0 Å². The Labute approximate surface area is 108 Å². The zero-order valence-corrected chi connectivity index (χ0v) is 11.7. The third-order valence-corrected chi connectivity index (χ3v) is 3.91. The summed E-state index contributed by atoms with van der Waals surface area (Å²) in [5.41, 5.74) is 0.680. The largest absolute Gasteiger partial charge is 0.481 e. The number of hydrogen-bond acceptors (Lipinski definition) is 3. The van der Waals surface area contributed by atoms with Crippen LogP contribution in [0.4, 0.5) is 0 Å². The molecule has 0 fully saturated rings. The first-order valence-electron chi connectivity index (χ1n) is 6.07. The van der Waals surface area contributed by atoms with Crippen LogP contribution in [-0.2, 0) is 11.3 Å². The standard InChI is InChI=1S/C14H22N2O2/c1-10-7-6-8-15-11(10)9-16-14(4,5)13(2,3)12(17)18/h6-8,16H,9H2,1-5H3,(H,17,18). The maximum atomic E-state index is 11.3. The molecule has 4 nitrogen and oxygen atoms in total. The lowest BCUT2D eigenvalue weighted by molar-refractivity contribution is -0.151. The molecule has 0 bridgehead atoms. The summed E-state index contributed by atoms with van der Waals surface area (Å²) in [5.74, 6) is -0.808. The first-order valence-corrected chi connectivity index (χ1v) is 6.07. The van der Waals surface area contributed by atoms with Gasteiger partial charge in [0.15, 0.2) is 0 Å². The lowest BCUT2D eigenvalue weighted by Gasteiger charge is -2.39. The second-order valence-electron chi connectivity index (χ2n) is 5.68. The molecule has 0 aliphatic carbocycles. The number of carboxylic acids is 1. The van der Waals surface area contributed by atoms with Gasteiger partial charge < -0.3 is 10.4 Å². The van der Waals surface area contributed by atoms with E-state index in [4.69, 9.17) is 0 Å². The number of aryl methyl sites for hydroxylation is 1. The van der Waals surface area contributed by atoms with Crippen LogP contribution in [0.1, 0.15) is 39.0 Å². The Bertz CT molecular complexity index is 439. The molecular formula is C14H22N2O2. The molecule has 0 atom stereocenters. The summed E-state index contributed by atoms with van der Waals surface area (Å²) in [4.78, 5) is 15.6. The molecular weight excluding hydrogens is 228 g/mol. The third kappa shape index (κ3) is 2.88. The van der Waals surface area contributed by atoms with Gasteiger partial charge in [0.2, 0.25) is 0 Å². The molecule has 0 saturated heterocycles. The van der Waals surface area contributed by atoms with Crippen LogP contribution in [0.3, 0.4) is 0 Å². The molecule has 100 valence electrons. The number of hydrogen-bond donors (Lipinski definition) is 2. The Morgan fingerprint density at radius 1 is 1.39 bits per heavy atom. The van der Waals surface area contributed by atoms with Gasteiger partial charge in [-0.1, -0.05) is 6.07 Å². The number of pyridine rings is 1. The van der Waals surface area contributed by atoms with Crippen LogP contribution in [0.2, 0.25) is 0 Å². The minimum Gasteiger partial charge on any atom is -0.481 e. The van der Waals surface area contributed by atoms with E-state index in [0.717, 1.165) is 11.3 Å². The molecule has 0 unspecified atom stereocenters. The molecule has 1 aromatic heterocycles. The molecule has 1 aromatic rings. The van der Waals surface area contributed by atoms with Crippen molar-refractivity contribution in [2.45, 2.75) is 46.7 Å². The number of rotatable bonds is 5. The minimum atomic E-state index is -0.852. The van der Waals surface area contributed by atoms with Crippen molar-refractivity contribution in [3.8, 4) is 0 Å². The van der Waals surface area contributed by atoms with Crippen LogP contribution in [0, 0.1) is 12.3 Å². The molecule has 2 N–H and O–H groups in total. The topological polar surface area (TPSA) is 62.2 Å². The number of aliphatic carboxylic acids is 1. The summed E-state index contributed by atoms with van der Waals surface area (Å²) in [6.07, 6.45) is 1.75. The highest BCUT2D eigenvalue weighted by Gasteiger charge is 2.43. The number of nitrogens with one attached hydrogen (secondary N) is 1. The number of carboxylic acid groups (broad SMARTS) is 1. The van der Waals surface area contributed by atoms with E-state index in [9.17, 15) is 9.90 Å². The molecule has 4 heteroatoms. The van der Waals surface area contributed by atoms with Gasteiger partial charge in [0, 0.05) is 18.3 Å². The van der Waals surface area contributed by atoms with Gasteiger partial charge in [0.1, 0.15) is 0 Å². The summed E-state index contributed by atoms with van der Waals surface area (Å²) < 4.78 is 0. The van der Waals surface area contributed by atoms with Gasteiger partial charge in [-0.2, -0.15) is 0 Å². The van der Waals surface area contributed by atoms with Gasteiger partial charge in [0.25, 0.3) is 0 Å². The van der Waals surface area contributed by atoms with Gasteiger partial charge in [-0.3, -0.25) is 9.78 Å². The normalized spacial score (nSPS) is 12.5. The van der Waals surface area contributed by atoms with Crippen LogP contribution in [-0.4, -0.2) is 21.6 Å². The quantitative estimate of drug-likeness (QED) is 0.842. The summed E-state index contributed by atoms with van der Waals surface area (Å²) in [7, 11) is 0. The van der Waals surface area contributed by atoms with Crippen LogP contribution >= 0.6 is 0 Å². The van der Waals surface area contributed by atoms with Gasteiger partial charge in [-0.05, 0) is 46.2 Å². The van der Waals surface area contributed by atoms with Crippen molar-refractivity contribution in [1.82, 2.24) is 10.3 Å². The van der Waals surface area contributed by atoms with Gasteiger partial charge in [-0.15, -0.1) is 0 Å². The SMILES string of the molecule is Cc1cccnc1CNC(C)(C)C(C)(C)C(=O)O. The van der Waals surface area contributed by atoms with Crippen molar-refractivity contribution in [2.75, 3.05) is 0 Å². The van der Waals surface area contributed by atoms with Crippen LogP contribution < -0.4 is 5.32 Å². The smallest absolute Gasteiger partial charge is 0.310 e. The third-order valence-electron chi connectivity index (χ3n) is 3.91. The summed E-state index contributed by atoms with van der Waals surface area (Å²) in [6.45, 7) is 9.83. The lowest BCUT2D eigenvalue weighted by Crippen LogP contribution is -2.54. The van der Waals surface area contributed by atoms with E-state index < -0.39 is 16.9 Å². The Hall–Kier alpha value is -1.42. The van der Waals surface area contributed by atoms with E-state index in [1.54, 1.807) is 20.0 Å². The van der Waals surface area contributed by atoms with Crippen molar-refractivity contribution in [3.63, 3.8) is 0 Å². The van der Waals surface area contributed by atoms with E-state index in [-0.39, 0.29) is 0 Å². The van der Waals surface area contributed by atoms with E-state index in [0.29, 0.717) is 6.54 Å². The maximum Gasteiger partial charge on any atom is 0.310 e. The predicted molar refractivity (Wildman–Crippen MR) is 71.3 cm³/mol. The molecule has 0 saturated carbocycles. The number of carbonyl (C=O) groups is 1. The summed E-state index contributed by atoms with van der Waals surface area (Å²) in [6, 6.07) is 3.89. The summed E-state index contributed by atoms with van der Waals surface area (Å²) >= 11 is 0. The molecule has 0 amide bonds. The van der Waals surface area contributed by atoms with Crippen molar-refractivity contribution < 1.29 is 9.90 Å². The number of nitrogens with zero attached hydrogens (tertiary/aromatic N) is 1. The highest BCUT2D eigenvalue weighted by atomic mass is 16.4. The molecule has 0 radical (unpaired) electrons. The monoisotopic (exact) mass is 250 g/mol. The van der Waals surface area contributed by atoms with Crippen molar-refractivity contribution >= 4 is 5.97 Å². The summed E-state index contributed by atoms with van der Waals surface area (Å²) in [5, 5.41) is 12.6. The fourth-order valence-electron chi connectivity index (χ4n) is 1.50. The molecule has 18 heavy (non-hydrogen) atoms. The highest BCUT2D eigenvalue weighted by Crippen LogP contribution is 2.30. The minimum absolute atomic E-state index is 0.525. The van der Waals surface area contributed by atoms with E-state index >= 15 is 0 Å². The fourth-order valence-corrected chi connectivity index (χ4v) is 1.50. The average molecular weight is 250 g/mol. The van der Waals surface area contributed by atoms with Crippen molar-refractivity contribution in [3.05, 3.63) is 29.6 Å². The second kappa shape index (κ2) is 5.06. The van der Waals surface area contributed by atoms with Crippen LogP contribution in [0.5, 0.6) is 0 Å². The van der Waals surface area contributed by atoms with Crippen molar-refractivity contribution in [1.29, 1.82) is 0 Å². The number of aromatic nitrogens is 1. The average Bonchev–Trinajstić information content (AvgIpc) is 2.27. The Morgan fingerprint density at radius 2 is 2.00 bits per heavy atom. The zero-order valence-electron chi connectivity index (χ0n) is 11.7. The van der Waals surface area contributed by atoms with Crippen LogP contribution in [0.15, 0.2) is 18.3 Å². The van der Waals surface area contributed by atoms with E-state index in [2.05, 4.69) is 10.3 Å². The molecule has 0 aliphatic rings. The van der Waals surface area contributed by atoms with E-state index in [1.165, 1.54) is 0 Å². The molecule has 0 spiro atoms. The van der Waals surface area contributed by atoms with E-state index in [1.807, 2.05) is 32.9 Å². The Kier molecular flexibility index (Phi) is 4.12. The zero-order chi connectivity index (χ0) is 14.0. The Morgan fingerprint density at radius 3 is 2.50 bits per heavy atom. The van der Waals surface area contributed by atoms with Gasteiger partial charge in [-0.25, -0.2) is 0 Å². The lowest BCUT2D eigenvalue weighted by atomic mass is 9.74. The van der Waals surface area contributed by atoms with Crippen molar-refractivity contribution in [2.24, 2.45) is 5.41 Å². The predicted octanol–water partition coefficient (Wildman–Crippen LogP) is 2.37. The first kappa shape index (κ1) is 14.6. The molecule has 1 heterocycles. The highest BCUT2D eigenvalue weighted by molar-refractivity contribution is 5.75. The maximum absolute atomic E-state index is 11.3. The second-order valence-corrected chi connectivity index (χ2v) is 5.68. The van der Waals surface area contributed by atoms with Gasteiger partial charge in [0.05, 0.1) is 11.1 Å². The molecule has 0 aromatic carbocycles. The Balaban J connectivity index is 2.80. The first-order chi connectivity index (χ1) is 8.18. The molecule has 0 aliphatic heterocycles.